The van der Waals surface area contributed by atoms with Gasteiger partial charge in [-0.3, -0.25) is 4.79 Å². The van der Waals surface area contributed by atoms with Crippen LogP contribution in [0.3, 0.4) is 0 Å². The summed E-state index contributed by atoms with van der Waals surface area (Å²) in [5.41, 5.74) is 1.99. The van der Waals surface area contributed by atoms with Crippen LogP contribution >= 0.6 is 0 Å². The first-order valence-corrected chi connectivity index (χ1v) is 6.21. The Kier molecular flexibility index (Phi) is 3.38. The fraction of sp³-hybridized carbons (Fsp3) is 0.0714. The lowest BCUT2D eigenvalue weighted by Gasteiger charge is -2.00. The Balaban J connectivity index is 1.82. The molecule has 0 fully saturated rings. The summed E-state index contributed by atoms with van der Waals surface area (Å²) in [5, 5.41) is 6.44. The Morgan fingerprint density at radius 1 is 1.24 bits per heavy atom. The molecular weight excluding hydrogens is 270 g/mol. The second-order valence-electron chi connectivity index (χ2n) is 4.30. The van der Waals surface area contributed by atoms with E-state index in [9.17, 15) is 4.79 Å². The van der Waals surface area contributed by atoms with Crippen molar-refractivity contribution < 1.29 is 9.32 Å². The minimum Gasteiger partial charge on any atom is -0.328 e. The molecule has 0 atom stereocenters. The largest absolute Gasteiger partial charge is 0.328 e. The third-order valence-corrected chi connectivity index (χ3v) is 2.76. The van der Waals surface area contributed by atoms with Gasteiger partial charge in [-0.25, -0.2) is 9.97 Å². The number of aromatic nitrogens is 4. The fourth-order valence-corrected chi connectivity index (χ4v) is 1.75. The summed E-state index contributed by atoms with van der Waals surface area (Å²) in [6.07, 6.45) is 3.03. The van der Waals surface area contributed by atoms with Crippen molar-refractivity contribution in [3.05, 3.63) is 54.3 Å². The molecule has 0 saturated carbocycles. The number of carbonyl (C=O) groups excluding carboxylic acids is 1. The lowest BCUT2D eigenvalue weighted by Crippen LogP contribution is -2.12. The molecular formula is C14H11N5O2. The van der Waals surface area contributed by atoms with E-state index in [1.807, 2.05) is 25.1 Å². The topological polar surface area (TPSA) is 93.8 Å². The molecule has 0 unspecified atom stereocenters. The van der Waals surface area contributed by atoms with Crippen LogP contribution in [0.1, 0.15) is 16.2 Å². The summed E-state index contributed by atoms with van der Waals surface area (Å²) in [5.74, 6) is -0.327. The zero-order valence-corrected chi connectivity index (χ0v) is 11.1. The molecule has 1 amide bonds. The van der Waals surface area contributed by atoms with Crippen molar-refractivity contribution in [1.29, 1.82) is 0 Å². The van der Waals surface area contributed by atoms with Gasteiger partial charge in [0.05, 0.1) is 0 Å². The quantitative estimate of drug-likeness (QED) is 0.790. The Bertz CT molecular complexity index is 770. The van der Waals surface area contributed by atoms with E-state index in [-0.39, 0.29) is 11.7 Å². The van der Waals surface area contributed by atoms with Crippen LogP contribution in [0.15, 0.2) is 47.4 Å². The SMILES string of the molecule is Cc1cncnc1-c1noc(C(=O)Nc2ccccc2)n1. The summed E-state index contributed by atoms with van der Waals surface area (Å²) in [4.78, 5) is 24.0. The van der Waals surface area contributed by atoms with E-state index in [0.717, 1.165) is 5.56 Å². The Morgan fingerprint density at radius 3 is 2.81 bits per heavy atom. The first-order valence-electron chi connectivity index (χ1n) is 6.21. The molecule has 2 heterocycles. The van der Waals surface area contributed by atoms with Gasteiger partial charge in [0, 0.05) is 11.9 Å². The molecule has 0 aliphatic heterocycles. The lowest BCUT2D eigenvalue weighted by molar-refractivity contribution is 0.0981. The number of para-hydroxylation sites is 1. The highest BCUT2D eigenvalue weighted by Crippen LogP contribution is 2.16. The van der Waals surface area contributed by atoms with Crippen molar-refractivity contribution >= 4 is 11.6 Å². The minimum absolute atomic E-state index is 0.119. The highest BCUT2D eigenvalue weighted by atomic mass is 16.5. The molecule has 0 spiro atoms. The Hall–Kier alpha value is -3.09. The van der Waals surface area contributed by atoms with Gasteiger partial charge in [-0.05, 0) is 24.6 Å². The van der Waals surface area contributed by atoms with Gasteiger partial charge in [-0.2, -0.15) is 4.98 Å². The zero-order chi connectivity index (χ0) is 14.7. The molecule has 0 aliphatic rings. The maximum absolute atomic E-state index is 12.0. The second kappa shape index (κ2) is 5.49. The number of hydrogen-bond acceptors (Lipinski definition) is 6. The van der Waals surface area contributed by atoms with Crippen LogP contribution < -0.4 is 5.32 Å². The number of carbonyl (C=O) groups is 1. The third kappa shape index (κ3) is 2.76. The van der Waals surface area contributed by atoms with E-state index >= 15 is 0 Å². The van der Waals surface area contributed by atoms with Gasteiger partial charge >= 0.3 is 11.8 Å². The summed E-state index contributed by atoms with van der Waals surface area (Å²) in [6, 6.07) is 9.03. The van der Waals surface area contributed by atoms with E-state index in [0.29, 0.717) is 11.4 Å². The molecule has 0 saturated heterocycles. The summed E-state index contributed by atoms with van der Waals surface area (Å²) >= 11 is 0. The molecule has 0 aliphatic carbocycles. The Labute approximate surface area is 120 Å². The average molecular weight is 281 g/mol. The molecule has 7 heteroatoms. The minimum atomic E-state index is -0.466. The van der Waals surface area contributed by atoms with Crippen LogP contribution in [0.2, 0.25) is 0 Å². The average Bonchev–Trinajstić information content (AvgIpc) is 2.98. The van der Waals surface area contributed by atoms with Crippen molar-refractivity contribution in [2.75, 3.05) is 5.32 Å². The number of aryl methyl sites for hydroxylation is 1. The van der Waals surface area contributed by atoms with Gasteiger partial charge in [0.1, 0.15) is 12.0 Å². The van der Waals surface area contributed by atoms with Crippen LogP contribution in [-0.2, 0) is 0 Å². The first-order chi connectivity index (χ1) is 10.2. The van der Waals surface area contributed by atoms with Crippen LogP contribution in [0.4, 0.5) is 5.69 Å². The van der Waals surface area contributed by atoms with Gasteiger partial charge in [-0.15, -0.1) is 0 Å². The van der Waals surface area contributed by atoms with Crippen LogP contribution in [0.25, 0.3) is 11.5 Å². The lowest BCUT2D eigenvalue weighted by atomic mass is 10.2. The van der Waals surface area contributed by atoms with E-state index in [2.05, 4.69) is 25.4 Å². The number of hydrogen-bond donors (Lipinski definition) is 1. The van der Waals surface area contributed by atoms with Crippen molar-refractivity contribution in [1.82, 2.24) is 20.1 Å². The smallest absolute Gasteiger partial charge is 0.316 e. The summed E-state index contributed by atoms with van der Waals surface area (Å²) < 4.78 is 4.97. The van der Waals surface area contributed by atoms with Gasteiger partial charge in [0.15, 0.2) is 0 Å². The molecule has 0 bridgehead atoms. The first kappa shape index (κ1) is 12.9. The van der Waals surface area contributed by atoms with Gasteiger partial charge in [-0.1, -0.05) is 23.4 Å². The zero-order valence-electron chi connectivity index (χ0n) is 11.1. The number of benzene rings is 1. The van der Waals surface area contributed by atoms with Crippen LogP contribution in [0.5, 0.6) is 0 Å². The molecule has 104 valence electrons. The number of nitrogens with one attached hydrogen (secondary N) is 1. The maximum atomic E-state index is 12.0. The number of rotatable bonds is 3. The third-order valence-electron chi connectivity index (χ3n) is 2.76. The molecule has 21 heavy (non-hydrogen) atoms. The van der Waals surface area contributed by atoms with Crippen LogP contribution in [-0.4, -0.2) is 26.0 Å². The Morgan fingerprint density at radius 2 is 2.05 bits per heavy atom. The molecule has 2 aromatic heterocycles. The highest BCUT2D eigenvalue weighted by Gasteiger charge is 2.17. The molecule has 3 aromatic rings. The molecule has 3 rings (SSSR count). The standard InChI is InChI=1S/C14H11N5O2/c1-9-7-15-8-16-11(9)12-18-14(21-19-12)13(20)17-10-5-3-2-4-6-10/h2-8H,1H3,(H,17,20). The second-order valence-corrected chi connectivity index (χ2v) is 4.30. The van der Waals surface area contributed by atoms with Crippen molar-refractivity contribution in [3.63, 3.8) is 0 Å². The van der Waals surface area contributed by atoms with Crippen molar-refractivity contribution in [3.8, 4) is 11.5 Å². The maximum Gasteiger partial charge on any atom is 0.316 e. The monoisotopic (exact) mass is 281 g/mol. The number of anilines is 1. The summed E-state index contributed by atoms with van der Waals surface area (Å²) in [6.45, 7) is 1.83. The van der Waals surface area contributed by atoms with Gasteiger partial charge < -0.3 is 9.84 Å². The van der Waals surface area contributed by atoms with Crippen molar-refractivity contribution in [2.24, 2.45) is 0 Å². The van der Waals surface area contributed by atoms with E-state index in [1.165, 1.54) is 6.33 Å². The molecule has 1 aromatic carbocycles. The molecule has 1 N–H and O–H groups in total. The predicted octanol–water partition coefficient (Wildman–Crippen LogP) is 2.09. The summed E-state index contributed by atoms with van der Waals surface area (Å²) in [7, 11) is 0. The van der Waals surface area contributed by atoms with E-state index < -0.39 is 5.91 Å². The number of nitrogens with zero attached hydrogens (tertiary/aromatic N) is 4. The highest BCUT2D eigenvalue weighted by molar-refractivity contribution is 6.01. The van der Waals surface area contributed by atoms with Gasteiger partial charge in [0.2, 0.25) is 5.82 Å². The van der Waals surface area contributed by atoms with E-state index in [4.69, 9.17) is 4.52 Å². The van der Waals surface area contributed by atoms with Crippen molar-refractivity contribution in [2.45, 2.75) is 6.92 Å². The predicted molar refractivity (Wildman–Crippen MR) is 74.5 cm³/mol. The fourth-order valence-electron chi connectivity index (χ4n) is 1.75. The van der Waals surface area contributed by atoms with E-state index in [1.54, 1.807) is 18.3 Å². The molecule has 0 radical (unpaired) electrons. The van der Waals surface area contributed by atoms with Crippen LogP contribution in [0, 0.1) is 6.92 Å². The van der Waals surface area contributed by atoms with Gasteiger partial charge in [0.25, 0.3) is 0 Å². The number of amides is 1. The normalized spacial score (nSPS) is 10.3. The molecule has 7 nitrogen and oxygen atoms in total.